The zero-order valence-electron chi connectivity index (χ0n) is 18.1. The molecule has 0 spiro atoms. The minimum Gasteiger partial charge on any atom is -0.444 e. The molecule has 30 heavy (non-hydrogen) atoms. The van der Waals surface area contributed by atoms with Crippen LogP contribution in [0, 0.1) is 0 Å². The maximum absolute atomic E-state index is 12.4. The number of ether oxygens (including phenoxy) is 2. The van der Waals surface area contributed by atoms with Crippen molar-refractivity contribution in [1.29, 1.82) is 0 Å². The topological polar surface area (TPSA) is 67.9 Å². The zero-order valence-corrected chi connectivity index (χ0v) is 18.1. The van der Waals surface area contributed by atoms with Gasteiger partial charge < -0.3 is 14.4 Å². The highest BCUT2D eigenvalue weighted by atomic mass is 16.6. The predicted molar refractivity (Wildman–Crippen MR) is 120 cm³/mol. The molecule has 2 amide bonds. The Morgan fingerprint density at radius 1 is 1.30 bits per heavy atom. The van der Waals surface area contributed by atoms with Gasteiger partial charge in [-0.15, -0.1) is 0 Å². The SMILES string of the molecule is C=C/C=C(\C=C)COC(=O)Nc1cccc(C2CCCN(C(=O)OC(C)(C)C)C2)c1. The van der Waals surface area contributed by atoms with E-state index in [1.807, 2.05) is 45.0 Å². The molecule has 0 bridgehead atoms. The van der Waals surface area contributed by atoms with Crippen LogP contribution in [0.15, 0.2) is 61.2 Å². The highest BCUT2D eigenvalue weighted by molar-refractivity contribution is 5.84. The van der Waals surface area contributed by atoms with Crippen LogP contribution < -0.4 is 5.32 Å². The van der Waals surface area contributed by atoms with Gasteiger partial charge in [-0.2, -0.15) is 0 Å². The molecular weight excluding hydrogens is 380 g/mol. The van der Waals surface area contributed by atoms with Crippen LogP contribution in [-0.4, -0.2) is 42.4 Å². The second-order valence-electron chi connectivity index (χ2n) is 8.27. The number of hydrogen-bond donors (Lipinski definition) is 1. The van der Waals surface area contributed by atoms with Gasteiger partial charge in [-0.3, -0.25) is 5.32 Å². The van der Waals surface area contributed by atoms with Gasteiger partial charge >= 0.3 is 12.2 Å². The summed E-state index contributed by atoms with van der Waals surface area (Å²) in [6.07, 6.45) is 6.03. The minimum absolute atomic E-state index is 0.120. The van der Waals surface area contributed by atoms with Crippen molar-refractivity contribution >= 4 is 17.9 Å². The number of amides is 2. The average Bonchev–Trinajstić information content (AvgIpc) is 2.70. The van der Waals surface area contributed by atoms with Crippen molar-refractivity contribution in [2.24, 2.45) is 0 Å². The molecule has 6 heteroatoms. The molecule has 0 aromatic heterocycles. The molecule has 1 aromatic rings. The molecule has 1 N–H and O–H groups in total. The molecule has 1 saturated heterocycles. The predicted octanol–water partition coefficient (Wildman–Crippen LogP) is 5.65. The summed E-state index contributed by atoms with van der Waals surface area (Å²) in [5, 5.41) is 2.75. The van der Waals surface area contributed by atoms with Gasteiger partial charge in [-0.25, -0.2) is 9.59 Å². The Balaban J connectivity index is 1.98. The summed E-state index contributed by atoms with van der Waals surface area (Å²) in [7, 11) is 0. The van der Waals surface area contributed by atoms with Crippen LogP contribution in [-0.2, 0) is 9.47 Å². The Hall–Kier alpha value is -3.02. The normalized spacial score (nSPS) is 17.1. The number of nitrogens with one attached hydrogen (secondary N) is 1. The van der Waals surface area contributed by atoms with E-state index in [1.54, 1.807) is 23.1 Å². The molecular formula is C24H32N2O4. The van der Waals surface area contributed by atoms with Crippen molar-refractivity contribution in [3.63, 3.8) is 0 Å². The van der Waals surface area contributed by atoms with E-state index in [0.29, 0.717) is 18.8 Å². The lowest BCUT2D eigenvalue weighted by Gasteiger charge is -2.34. The molecule has 6 nitrogen and oxygen atoms in total. The largest absolute Gasteiger partial charge is 0.444 e. The first-order valence-corrected chi connectivity index (χ1v) is 10.2. The summed E-state index contributed by atoms with van der Waals surface area (Å²) < 4.78 is 10.7. The third-order valence-electron chi connectivity index (χ3n) is 4.64. The molecule has 1 fully saturated rings. The number of piperidine rings is 1. The summed E-state index contributed by atoms with van der Waals surface area (Å²) in [6.45, 7) is 14.3. The molecule has 1 unspecified atom stereocenters. The average molecular weight is 413 g/mol. The first-order valence-electron chi connectivity index (χ1n) is 10.2. The van der Waals surface area contributed by atoms with E-state index >= 15 is 0 Å². The molecule has 0 saturated carbocycles. The summed E-state index contributed by atoms with van der Waals surface area (Å²) in [6, 6.07) is 7.65. The molecule has 1 aliphatic heterocycles. The first-order chi connectivity index (χ1) is 14.2. The smallest absolute Gasteiger partial charge is 0.411 e. The highest BCUT2D eigenvalue weighted by Gasteiger charge is 2.28. The van der Waals surface area contributed by atoms with Crippen LogP contribution in [0.25, 0.3) is 0 Å². The van der Waals surface area contributed by atoms with Crippen molar-refractivity contribution in [1.82, 2.24) is 4.90 Å². The molecule has 162 valence electrons. The van der Waals surface area contributed by atoms with E-state index in [4.69, 9.17) is 9.47 Å². The third kappa shape index (κ3) is 7.43. The Labute approximate surface area is 179 Å². The fraction of sp³-hybridized carbons (Fsp3) is 0.417. The number of hydrogen-bond acceptors (Lipinski definition) is 4. The number of rotatable bonds is 6. The van der Waals surface area contributed by atoms with Crippen molar-refractivity contribution in [2.45, 2.75) is 45.1 Å². The van der Waals surface area contributed by atoms with Gasteiger partial charge in [-0.05, 0) is 56.9 Å². The van der Waals surface area contributed by atoms with Gasteiger partial charge in [-0.1, -0.05) is 43.5 Å². The van der Waals surface area contributed by atoms with Crippen molar-refractivity contribution in [2.75, 3.05) is 25.0 Å². The second kappa shape index (κ2) is 10.7. The monoisotopic (exact) mass is 412 g/mol. The molecule has 2 rings (SSSR count). The van der Waals surface area contributed by atoms with E-state index in [9.17, 15) is 9.59 Å². The second-order valence-corrected chi connectivity index (χ2v) is 8.27. The number of benzene rings is 1. The number of carbonyl (C=O) groups is 2. The zero-order chi connectivity index (χ0) is 22.1. The number of allylic oxidation sites excluding steroid dienone is 2. The molecule has 0 radical (unpaired) electrons. The summed E-state index contributed by atoms with van der Waals surface area (Å²) in [5.74, 6) is 0.187. The van der Waals surface area contributed by atoms with Crippen LogP contribution >= 0.6 is 0 Å². The fourth-order valence-corrected chi connectivity index (χ4v) is 3.24. The number of likely N-dealkylation sites (tertiary alicyclic amines) is 1. The van der Waals surface area contributed by atoms with Gasteiger partial charge in [0.25, 0.3) is 0 Å². The Morgan fingerprint density at radius 3 is 2.73 bits per heavy atom. The van der Waals surface area contributed by atoms with Gasteiger partial charge in [0.1, 0.15) is 12.2 Å². The molecule has 1 aromatic carbocycles. The number of nitrogens with zero attached hydrogens (tertiary/aromatic N) is 1. The minimum atomic E-state index is -0.539. The number of anilines is 1. The van der Waals surface area contributed by atoms with Crippen LogP contribution in [0.1, 0.15) is 45.1 Å². The van der Waals surface area contributed by atoms with Crippen molar-refractivity contribution in [3.05, 3.63) is 66.8 Å². The first kappa shape index (κ1) is 23.3. The van der Waals surface area contributed by atoms with Crippen molar-refractivity contribution < 1.29 is 19.1 Å². The van der Waals surface area contributed by atoms with Gasteiger partial charge in [0, 0.05) is 24.7 Å². The van der Waals surface area contributed by atoms with Crippen LogP contribution in [0.2, 0.25) is 0 Å². The summed E-state index contributed by atoms with van der Waals surface area (Å²) in [5.41, 5.74) is 1.97. The standard InChI is InChI=1S/C24H32N2O4/c1-6-10-18(7-2)17-29-22(27)25-21-13-8-11-19(15-21)20-12-9-14-26(16-20)23(28)30-24(3,4)5/h6-8,10-11,13,15,20H,1-2,9,12,14,16-17H2,3-5H3,(H,25,27)/b18-10+. The van der Waals surface area contributed by atoms with Gasteiger partial charge in [0.15, 0.2) is 0 Å². The molecule has 1 heterocycles. The Morgan fingerprint density at radius 2 is 2.07 bits per heavy atom. The molecule has 1 atom stereocenters. The fourth-order valence-electron chi connectivity index (χ4n) is 3.24. The maximum Gasteiger partial charge on any atom is 0.411 e. The lowest BCUT2D eigenvalue weighted by Crippen LogP contribution is -2.42. The quantitative estimate of drug-likeness (QED) is 0.613. The summed E-state index contributed by atoms with van der Waals surface area (Å²) in [4.78, 5) is 26.3. The summed E-state index contributed by atoms with van der Waals surface area (Å²) >= 11 is 0. The van der Waals surface area contributed by atoms with Crippen molar-refractivity contribution in [3.8, 4) is 0 Å². The maximum atomic E-state index is 12.4. The van der Waals surface area contributed by atoms with Crippen LogP contribution in [0.3, 0.4) is 0 Å². The highest BCUT2D eigenvalue weighted by Crippen LogP contribution is 2.29. The van der Waals surface area contributed by atoms with Gasteiger partial charge in [0.05, 0.1) is 0 Å². The Bertz CT molecular complexity index is 808. The van der Waals surface area contributed by atoms with E-state index < -0.39 is 11.7 Å². The van der Waals surface area contributed by atoms with E-state index in [1.165, 1.54) is 0 Å². The third-order valence-corrected chi connectivity index (χ3v) is 4.64. The molecule has 0 aliphatic carbocycles. The van der Waals surface area contributed by atoms with Crippen LogP contribution in [0.5, 0.6) is 0 Å². The van der Waals surface area contributed by atoms with E-state index in [2.05, 4.69) is 18.5 Å². The lowest BCUT2D eigenvalue weighted by atomic mass is 9.90. The number of carbonyl (C=O) groups excluding carboxylic acids is 2. The van der Waals surface area contributed by atoms with Crippen LogP contribution in [0.4, 0.5) is 15.3 Å². The van der Waals surface area contributed by atoms with E-state index in [-0.39, 0.29) is 18.6 Å². The van der Waals surface area contributed by atoms with E-state index in [0.717, 1.165) is 24.0 Å². The lowest BCUT2D eigenvalue weighted by molar-refractivity contribution is 0.0198. The Kier molecular flexibility index (Phi) is 8.27. The molecule has 1 aliphatic rings. The van der Waals surface area contributed by atoms with Gasteiger partial charge in [0.2, 0.25) is 0 Å².